The molecule has 1 fully saturated rings. The van der Waals surface area contributed by atoms with E-state index in [1.165, 1.54) is 0 Å². The number of nitrogens with one attached hydrogen (secondary N) is 2. The van der Waals surface area contributed by atoms with Crippen LogP contribution < -0.4 is 10.6 Å². The van der Waals surface area contributed by atoms with Crippen molar-refractivity contribution in [2.45, 2.75) is 25.9 Å². The van der Waals surface area contributed by atoms with Crippen molar-refractivity contribution in [2.24, 2.45) is 5.41 Å². The van der Waals surface area contributed by atoms with Crippen LogP contribution in [-0.2, 0) is 9.53 Å². The topological polar surface area (TPSA) is 50.4 Å². The molecule has 110 valence electrons. The highest BCUT2D eigenvalue weighted by Crippen LogP contribution is 2.27. The average Bonchev–Trinajstić information content (AvgIpc) is 2.48. The zero-order valence-electron chi connectivity index (χ0n) is 12.3. The van der Waals surface area contributed by atoms with Crippen LogP contribution in [0.15, 0.2) is 30.3 Å². The number of carbonyl (C=O) groups is 1. The maximum Gasteiger partial charge on any atom is 0.253 e. The van der Waals surface area contributed by atoms with Crippen molar-refractivity contribution in [3.05, 3.63) is 35.9 Å². The van der Waals surface area contributed by atoms with E-state index in [2.05, 4.69) is 17.6 Å². The Morgan fingerprint density at radius 1 is 1.35 bits per heavy atom. The Balaban J connectivity index is 1.93. The number of hydrogen-bond acceptors (Lipinski definition) is 3. The molecular weight excluding hydrogens is 252 g/mol. The Morgan fingerprint density at radius 2 is 2.00 bits per heavy atom. The third-order valence-electron chi connectivity index (χ3n) is 4.08. The molecule has 1 aromatic rings. The van der Waals surface area contributed by atoms with Crippen LogP contribution >= 0.6 is 0 Å². The summed E-state index contributed by atoms with van der Waals surface area (Å²) in [7, 11) is 1.57. The van der Waals surface area contributed by atoms with Gasteiger partial charge >= 0.3 is 0 Å². The number of benzene rings is 1. The van der Waals surface area contributed by atoms with E-state index in [-0.39, 0.29) is 11.3 Å². The van der Waals surface area contributed by atoms with E-state index in [0.717, 1.165) is 31.5 Å². The minimum atomic E-state index is -0.526. The summed E-state index contributed by atoms with van der Waals surface area (Å²) in [5.74, 6) is -0.0570. The van der Waals surface area contributed by atoms with E-state index in [1.54, 1.807) is 7.11 Å². The monoisotopic (exact) mass is 276 g/mol. The zero-order chi connectivity index (χ0) is 14.4. The molecule has 1 heterocycles. The molecule has 0 spiro atoms. The van der Waals surface area contributed by atoms with Crippen LogP contribution in [0.1, 0.15) is 31.4 Å². The van der Waals surface area contributed by atoms with Crippen LogP contribution in [0.4, 0.5) is 0 Å². The molecule has 2 rings (SSSR count). The van der Waals surface area contributed by atoms with E-state index in [1.807, 2.05) is 30.3 Å². The number of piperidine rings is 1. The molecule has 4 nitrogen and oxygen atoms in total. The Bertz CT molecular complexity index is 427. The Kier molecular flexibility index (Phi) is 5.15. The number of methoxy groups -OCH3 is 1. The van der Waals surface area contributed by atoms with E-state index in [4.69, 9.17) is 4.74 Å². The largest absolute Gasteiger partial charge is 0.367 e. The standard InChI is InChI=1S/C16H24N2O2/c1-16(8-10-17-11-9-16)12-18-15(19)14(20-2)13-6-4-3-5-7-13/h3-7,14,17H,8-12H2,1-2H3,(H,18,19). The lowest BCUT2D eigenvalue weighted by molar-refractivity contribution is -0.132. The van der Waals surface area contributed by atoms with E-state index < -0.39 is 6.10 Å². The molecule has 2 N–H and O–H groups in total. The molecule has 0 aromatic heterocycles. The molecule has 0 radical (unpaired) electrons. The van der Waals surface area contributed by atoms with Crippen molar-refractivity contribution >= 4 is 5.91 Å². The van der Waals surface area contributed by atoms with E-state index >= 15 is 0 Å². The quantitative estimate of drug-likeness (QED) is 0.863. The highest BCUT2D eigenvalue weighted by Gasteiger charge is 2.28. The molecule has 1 amide bonds. The van der Waals surface area contributed by atoms with Crippen molar-refractivity contribution in [1.82, 2.24) is 10.6 Å². The van der Waals surface area contributed by atoms with Gasteiger partial charge in [0.25, 0.3) is 5.91 Å². The van der Waals surface area contributed by atoms with Crippen molar-refractivity contribution < 1.29 is 9.53 Å². The molecule has 0 saturated carbocycles. The van der Waals surface area contributed by atoms with Crippen LogP contribution in [0, 0.1) is 5.41 Å². The molecule has 1 saturated heterocycles. The first-order valence-corrected chi connectivity index (χ1v) is 7.21. The first-order chi connectivity index (χ1) is 9.64. The smallest absolute Gasteiger partial charge is 0.253 e. The lowest BCUT2D eigenvalue weighted by Gasteiger charge is -2.34. The second-order valence-corrected chi connectivity index (χ2v) is 5.80. The van der Waals surface area contributed by atoms with Gasteiger partial charge in [-0.15, -0.1) is 0 Å². The predicted octanol–water partition coefficient (Wildman–Crippen LogP) is 1.88. The van der Waals surface area contributed by atoms with Gasteiger partial charge in [-0.3, -0.25) is 4.79 Å². The highest BCUT2D eigenvalue weighted by atomic mass is 16.5. The van der Waals surface area contributed by atoms with Crippen LogP contribution in [0.3, 0.4) is 0 Å². The van der Waals surface area contributed by atoms with Gasteiger partial charge in [-0.05, 0) is 36.9 Å². The van der Waals surface area contributed by atoms with Crippen molar-refractivity contribution in [3.63, 3.8) is 0 Å². The predicted molar refractivity (Wildman–Crippen MR) is 79.4 cm³/mol. The number of amides is 1. The van der Waals surface area contributed by atoms with Crippen molar-refractivity contribution in [3.8, 4) is 0 Å². The Labute approximate surface area is 120 Å². The number of rotatable bonds is 5. The fourth-order valence-electron chi connectivity index (χ4n) is 2.62. The van der Waals surface area contributed by atoms with Crippen LogP contribution in [0.5, 0.6) is 0 Å². The molecule has 1 aliphatic heterocycles. The van der Waals surface area contributed by atoms with Gasteiger partial charge in [-0.1, -0.05) is 37.3 Å². The van der Waals surface area contributed by atoms with Crippen molar-refractivity contribution in [2.75, 3.05) is 26.7 Å². The lowest BCUT2D eigenvalue weighted by atomic mass is 9.81. The normalized spacial score (nSPS) is 19.3. The van der Waals surface area contributed by atoms with Gasteiger partial charge < -0.3 is 15.4 Å². The van der Waals surface area contributed by atoms with Gasteiger partial charge in [0.1, 0.15) is 0 Å². The highest BCUT2D eigenvalue weighted by molar-refractivity contribution is 5.82. The molecule has 20 heavy (non-hydrogen) atoms. The summed E-state index contributed by atoms with van der Waals surface area (Å²) >= 11 is 0. The maximum atomic E-state index is 12.3. The SMILES string of the molecule is COC(C(=O)NCC1(C)CCNCC1)c1ccccc1. The molecule has 0 aliphatic carbocycles. The summed E-state index contributed by atoms with van der Waals surface area (Å²) in [6, 6.07) is 9.61. The van der Waals surface area contributed by atoms with E-state index in [0.29, 0.717) is 6.54 Å². The van der Waals surface area contributed by atoms with Gasteiger partial charge in [-0.25, -0.2) is 0 Å². The molecule has 1 aromatic carbocycles. The molecular formula is C16H24N2O2. The average molecular weight is 276 g/mol. The summed E-state index contributed by atoms with van der Waals surface area (Å²) in [5.41, 5.74) is 1.08. The molecule has 4 heteroatoms. The van der Waals surface area contributed by atoms with Gasteiger partial charge in [0.05, 0.1) is 0 Å². The first-order valence-electron chi connectivity index (χ1n) is 7.21. The van der Waals surface area contributed by atoms with Gasteiger partial charge in [0.2, 0.25) is 0 Å². The first kappa shape index (κ1) is 15.0. The lowest BCUT2D eigenvalue weighted by Crippen LogP contribution is -2.44. The summed E-state index contributed by atoms with van der Waals surface area (Å²) in [6.45, 7) is 5.00. The van der Waals surface area contributed by atoms with Crippen LogP contribution in [0.25, 0.3) is 0 Å². The Hall–Kier alpha value is -1.39. The second-order valence-electron chi connectivity index (χ2n) is 5.80. The summed E-state index contributed by atoms with van der Waals surface area (Å²) in [4.78, 5) is 12.3. The van der Waals surface area contributed by atoms with Gasteiger partial charge in [0, 0.05) is 13.7 Å². The summed E-state index contributed by atoms with van der Waals surface area (Å²) < 4.78 is 5.35. The van der Waals surface area contributed by atoms with Gasteiger partial charge in [0.15, 0.2) is 6.10 Å². The third kappa shape index (κ3) is 3.81. The number of carbonyl (C=O) groups excluding carboxylic acids is 1. The molecule has 1 aliphatic rings. The minimum Gasteiger partial charge on any atom is -0.367 e. The van der Waals surface area contributed by atoms with Crippen molar-refractivity contribution in [1.29, 1.82) is 0 Å². The summed E-state index contributed by atoms with van der Waals surface area (Å²) in [6.07, 6.45) is 1.66. The van der Waals surface area contributed by atoms with Crippen LogP contribution in [0.2, 0.25) is 0 Å². The number of hydrogen-bond donors (Lipinski definition) is 2. The fourth-order valence-corrected chi connectivity index (χ4v) is 2.62. The Morgan fingerprint density at radius 3 is 2.60 bits per heavy atom. The summed E-state index contributed by atoms with van der Waals surface area (Å²) in [5, 5.41) is 6.40. The molecule has 1 unspecified atom stereocenters. The third-order valence-corrected chi connectivity index (χ3v) is 4.08. The molecule has 0 bridgehead atoms. The van der Waals surface area contributed by atoms with Crippen LogP contribution in [-0.4, -0.2) is 32.7 Å². The molecule has 1 atom stereocenters. The fraction of sp³-hybridized carbons (Fsp3) is 0.562. The number of ether oxygens (including phenoxy) is 1. The van der Waals surface area contributed by atoms with Gasteiger partial charge in [-0.2, -0.15) is 0 Å². The second kappa shape index (κ2) is 6.86. The zero-order valence-corrected chi connectivity index (χ0v) is 12.3. The maximum absolute atomic E-state index is 12.3. The minimum absolute atomic E-state index is 0.0570. The van der Waals surface area contributed by atoms with E-state index in [9.17, 15) is 4.79 Å².